The quantitative estimate of drug-likeness (QED) is 0.627. The van der Waals surface area contributed by atoms with Gasteiger partial charge in [-0.15, -0.1) is 0 Å². The van der Waals surface area contributed by atoms with Gasteiger partial charge in [-0.1, -0.05) is 37.6 Å². The molecule has 2 heterocycles. The van der Waals surface area contributed by atoms with Crippen molar-refractivity contribution in [2.45, 2.75) is 32.2 Å². The lowest BCUT2D eigenvalue weighted by atomic mass is 9.91. The van der Waals surface area contributed by atoms with Crippen LogP contribution in [-0.4, -0.2) is 34.2 Å². The molecule has 6 nitrogen and oxygen atoms in total. The van der Waals surface area contributed by atoms with E-state index in [2.05, 4.69) is 17.2 Å². The van der Waals surface area contributed by atoms with Gasteiger partial charge in [0.1, 0.15) is 5.54 Å². The zero-order valence-corrected chi connectivity index (χ0v) is 14.3. The number of H-pyrrole nitrogens is 1. The molecule has 1 aliphatic rings. The van der Waals surface area contributed by atoms with Crippen LogP contribution in [0.15, 0.2) is 42.6 Å². The minimum Gasteiger partial charge on any atom is -0.359 e. The molecule has 3 amide bonds. The summed E-state index contributed by atoms with van der Waals surface area (Å²) in [5, 5.41) is 2.72. The fourth-order valence-corrected chi connectivity index (χ4v) is 3.06. The van der Waals surface area contributed by atoms with E-state index in [1.165, 1.54) is 5.56 Å². The van der Waals surface area contributed by atoms with Gasteiger partial charge in [-0.2, -0.15) is 0 Å². The molecule has 0 unspecified atom stereocenters. The summed E-state index contributed by atoms with van der Waals surface area (Å²) in [6.45, 7) is 3.49. The highest BCUT2D eigenvalue weighted by Gasteiger charge is 2.49. The summed E-state index contributed by atoms with van der Waals surface area (Å²) < 4.78 is 0. The van der Waals surface area contributed by atoms with Crippen LogP contribution in [0.3, 0.4) is 0 Å². The minimum atomic E-state index is -1.15. The van der Waals surface area contributed by atoms with Gasteiger partial charge in [-0.3, -0.25) is 14.5 Å². The van der Waals surface area contributed by atoms with Gasteiger partial charge < -0.3 is 10.3 Å². The molecule has 1 aromatic heterocycles. The summed E-state index contributed by atoms with van der Waals surface area (Å²) in [6, 6.07) is 10.4. The molecule has 25 heavy (non-hydrogen) atoms. The molecule has 3 rings (SSSR count). The Balaban J connectivity index is 1.80. The lowest BCUT2D eigenvalue weighted by molar-refractivity contribution is -0.130. The van der Waals surface area contributed by atoms with Crippen LogP contribution in [0.2, 0.25) is 0 Å². The Bertz CT molecular complexity index is 796. The van der Waals surface area contributed by atoms with Crippen molar-refractivity contribution in [3.63, 3.8) is 0 Å². The van der Waals surface area contributed by atoms with Crippen molar-refractivity contribution >= 4 is 17.7 Å². The fraction of sp³-hybridized carbons (Fsp3) is 0.316. The van der Waals surface area contributed by atoms with Crippen molar-refractivity contribution in [2.24, 2.45) is 0 Å². The molecule has 0 spiro atoms. The summed E-state index contributed by atoms with van der Waals surface area (Å²) in [5.41, 5.74) is 1.11. The number of aromatic amines is 1. The topological polar surface area (TPSA) is 82.3 Å². The number of nitrogens with one attached hydrogen (secondary N) is 2. The number of aromatic nitrogens is 1. The van der Waals surface area contributed by atoms with E-state index in [9.17, 15) is 14.4 Å². The monoisotopic (exact) mass is 339 g/mol. The van der Waals surface area contributed by atoms with Crippen molar-refractivity contribution in [3.05, 3.63) is 59.4 Å². The maximum Gasteiger partial charge on any atom is 0.325 e. The van der Waals surface area contributed by atoms with E-state index in [0.29, 0.717) is 11.3 Å². The molecule has 0 aliphatic carbocycles. The Labute approximate surface area is 146 Å². The largest absolute Gasteiger partial charge is 0.359 e. The number of hydrogen-bond donors (Lipinski definition) is 2. The van der Waals surface area contributed by atoms with Crippen LogP contribution in [0, 0.1) is 0 Å². The SMILES string of the molecule is CCCc1ccc([C@@]2(C)NC(=O)N(CC(=O)c3ccc[nH]3)C2=O)cc1. The summed E-state index contributed by atoms with van der Waals surface area (Å²) in [6.07, 6.45) is 3.63. The Morgan fingerprint density at radius 3 is 2.48 bits per heavy atom. The molecule has 2 N–H and O–H groups in total. The number of aryl methyl sites for hydroxylation is 1. The normalized spacial score (nSPS) is 20.0. The Morgan fingerprint density at radius 2 is 1.88 bits per heavy atom. The number of carbonyl (C=O) groups excluding carboxylic acids is 3. The van der Waals surface area contributed by atoms with Crippen LogP contribution in [0.4, 0.5) is 4.79 Å². The number of hydrogen-bond acceptors (Lipinski definition) is 3. The first-order valence-electron chi connectivity index (χ1n) is 8.36. The van der Waals surface area contributed by atoms with Crippen LogP contribution >= 0.6 is 0 Å². The van der Waals surface area contributed by atoms with Gasteiger partial charge in [0.15, 0.2) is 5.78 Å². The lowest BCUT2D eigenvalue weighted by Crippen LogP contribution is -2.41. The first-order valence-corrected chi connectivity index (χ1v) is 8.36. The molecule has 1 atom stereocenters. The Morgan fingerprint density at radius 1 is 1.16 bits per heavy atom. The summed E-state index contributed by atoms with van der Waals surface area (Å²) >= 11 is 0. The van der Waals surface area contributed by atoms with Crippen molar-refractivity contribution in [3.8, 4) is 0 Å². The summed E-state index contributed by atoms with van der Waals surface area (Å²) in [5.74, 6) is -0.725. The lowest BCUT2D eigenvalue weighted by Gasteiger charge is -2.22. The maximum atomic E-state index is 12.8. The number of imide groups is 1. The molecular weight excluding hydrogens is 318 g/mol. The smallest absolute Gasteiger partial charge is 0.325 e. The Hall–Kier alpha value is -2.89. The van der Waals surface area contributed by atoms with E-state index >= 15 is 0 Å². The van der Waals surface area contributed by atoms with Crippen LogP contribution in [-0.2, 0) is 16.8 Å². The van der Waals surface area contributed by atoms with Crippen LogP contribution < -0.4 is 5.32 Å². The number of ketones is 1. The van der Waals surface area contributed by atoms with E-state index in [4.69, 9.17) is 0 Å². The van der Waals surface area contributed by atoms with E-state index in [0.717, 1.165) is 17.7 Å². The second-order valence-electron chi connectivity index (χ2n) is 6.40. The third kappa shape index (κ3) is 3.07. The Kier molecular flexibility index (Phi) is 4.44. The van der Waals surface area contributed by atoms with Gasteiger partial charge in [0, 0.05) is 6.20 Å². The van der Waals surface area contributed by atoms with Crippen molar-refractivity contribution in [1.29, 1.82) is 0 Å². The second kappa shape index (κ2) is 6.55. The number of carbonyl (C=O) groups is 3. The van der Waals surface area contributed by atoms with Crippen LogP contribution in [0.25, 0.3) is 0 Å². The summed E-state index contributed by atoms with van der Waals surface area (Å²) in [4.78, 5) is 41.1. The number of Topliss-reactive ketones (excluding diaryl/α,β-unsaturated/α-hetero) is 1. The number of nitrogens with zero attached hydrogens (tertiary/aromatic N) is 1. The zero-order chi connectivity index (χ0) is 18.0. The molecule has 130 valence electrons. The number of rotatable bonds is 6. The molecule has 1 aliphatic heterocycles. The van der Waals surface area contributed by atoms with Crippen LogP contribution in [0.1, 0.15) is 41.9 Å². The molecule has 0 radical (unpaired) electrons. The van der Waals surface area contributed by atoms with Crippen LogP contribution in [0.5, 0.6) is 0 Å². The molecule has 6 heteroatoms. The van der Waals surface area contributed by atoms with E-state index in [1.807, 2.05) is 24.3 Å². The fourth-order valence-electron chi connectivity index (χ4n) is 3.06. The first kappa shape index (κ1) is 17.0. The van der Waals surface area contributed by atoms with Gasteiger partial charge in [0.25, 0.3) is 5.91 Å². The number of amides is 3. The highest BCUT2D eigenvalue weighted by molar-refractivity contribution is 6.10. The predicted octanol–water partition coefficient (Wildman–Crippen LogP) is 2.62. The minimum absolute atomic E-state index is 0.283. The van der Waals surface area contributed by atoms with Gasteiger partial charge >= 0.3 is 6.03 Å². The van der Waals surface area contributed by atoms with E-state index < -0.39 is 17.5 Å². The van der Waals surface area contributed by atoms with Crippen molar-refractivity contribution in [1.82, 2.24) is 15.2 Å². The predicted molar refractivity (Wildman–Crippen MR) is 93.2 cm³/mol. The average Bonchev–Trinajstić information content (AvgIpc) is 3.20. The third-order valence-electron chi connectivity index (χ3n) is 4.55. The summed E-state index contributed by atoms with van der Waals surface area (Å²) in [7, 11) is 0. The number of benzene rings is 1. The highest BCUT2D eigenvalue weighted by Crippen LogP contribution is 2.29. The number of urea groups is 1. The van der Waals surface area contributed by atoms with E-state index in [1.54, 1.807) is 25.3 Å². The highest BCUT2D eigenvalue weighted by atomic mass is 16.2. The molecule has 1 fully saturated rings. The third-order valence-corrected chi connectivity index (χ3v) is 4.55. The molecule has 2 aromatic rings. The second-order valence-corrected chi connectivity index (χ2v) is 6.40. The molecule has 0 bridgehead atoms. The molecule has 1 saturated heterocycles. The molecule has 1 aromatic carbocycles. The van der Waals surface area contributed by atoms with Gasteiger partial charge in [0.05, 0.1) is 12.2 Å². The zero-order valence-electron chi connectivity index (χ0n) is 14.3. The van der Waals surface area contributed by atoms with Gasteiger partial charge in [-0.25, -0.2) is 4.79 Å². The van der Waals surface area contributed by atoms with Crippen molar-refractivity contribution < 1.29 is 14.4 Å². The standard InChI is InChI=1S/C19H21N3O3/c1-3-5-13-7-9-14(10-8-13)19(2)17(24)22(18(25)21-19)12-16(23)15-6-4-11-20-15/h4,6-11,20H,3,5,12H2,1-2H3,(H,21,25)/t19-/m1/s1. The average molecular weight is 339 g/mol. The first-order chi connectivity index (χ1) is 12.0. The van der Waals surface area contributed by atoms with Gasteiger partial charge in [-0.05, 0) is 36.6 Å². The van der Waals surface area contributed by atoms with E-state index in [-0.39, 0.29) is 12.3 Å². The molecule has 0 saturated carbocycles. The molecular formula is C19H21N3O3. The van der Waals surface area contributed by atoms with Gasteiger partial charge in [0.2, 0.25) is 0 Å². The maximum absolute atomic E-state index is 12.8. The van der Waals surface area contributed by atoms with Crippen molar-refractivity contribution in [2.75, 3.05) is 6.54 Å².